The van der Waals surface area contributed by atoms with Crippen LogP contribution in [0.15, 0.2) is 0 Å². The number of carboxylic acids is 1. The second-order valence-corrected chi connectivity index (χ2v) is 7.28. The molecular formula is C16H29N5O7S. The molecule has 0 fully saturated rings. The third-order valence-corrected chi connectivity index (χ3v) is 4.45. The first-order chi connectivity index (χ1) is 13.5. The molecule has 0 bridgehead atoms. The smallest absolute Gasteiger partial charge is 0.326 e. The summed E-state index contributed by atoms with van der Waals surface area (Å²) in [5.41, 5.74) is 10.4. The summed E-state index contributed by atoms with van der Waals surface area (Å²) in [5, 5.41) is 25.4. The van der Waals surface area contributed by atoms with E-state index in [9.17, 15) is 34.2 Å². The van der Waals surface area contributed by atoms with Crippen LogP contribution in [0.5, 0.6) is 0 Å². The monoisotopic (exact) mass is 435 g/mol. The minimum absolute atomic E-state index is 0.188. The molecule has 4 amide bonds. The van der Waals surface area contributed by atoms with E-state index in [2.05, 4.69) is 16.0 Å². The van der Waals surface area contributed by atoms with Crippen LogP contribution >= 0.6 is 11.8 Å². The predicted octanol–water partition coefficient (Wildman–Crippen LogP) is -3.12. The van der Waals surface area contributed by atoms with Gasteiger partial charge in [-0.1, -0.05) is 0 Å². The molecule has 0 aliphatic carbocycles. The van der Waals surface area contributed by atoms with E-state index in [0.29, 0.717) is 5.75 Å². The Kier molecular flexibility index (Phi) is 12.6. The fourth-order valence-electron chi connectivity index (χ4n) is 2.07. The van der Waals surface area contributed by atoms with Gasteiger partial charge in [0.05, 0.1) is 12.6 Å². The molecule has 0 rings (SSSR count). The molecule has 4 atom stereocenters. The molecule has 0 radical (unpaired) electrons. The summed E-state index contributed by atoms with van der Waals surface area (Å²) in [5.74, 6) is -3.72. The summed E-state index contributed by atoms with van der Waals surface area (Å²) < 4.78 is 0. The van der Waals surface area contributed by atoms with E-state index < -0.39 is 60.4 Å². The van der Waals surface area contributed by atoms with Crippen molar-refractivity contribution < 1.29 is 34.2 Å². The summed E-state index contributed by atoms with van der Waals surface area (Å²) in [6.07, 6.45) is 0.483. The Balaban J connectivity index is 4.89. The SMILES string of the molecule is CSCCC(NC(=O)CNC(=O)C(N)C(C)O)C(=O)NC(CCC(N)=O)C(=O)O. The maximum absolute atomic E-state index is 12.4. The van der Waals surface area contributed by atoms with Gasteiger partial charge < -0.3 is 37.6 Å². The number of primary amides is 1. The molecule has 0 aliphatic rings. The molecule has 13 heteroatoms. The van der Waals surface area contributed by atoms with Crippen molar-refractivity contribution in [3.05, 3.63) is 0 Å². The molecule has 0 saturated carbocycles. The van der Waals surface area contributed by atoms with Crippen molar-refractivity contribution in [2.75, 3.05) is 18.6 Å². The van der Waals surface area contributed by atoms with E-state index >= 15 is 0 Å². The van der Waals surface area contributed by atoms with Crippen LogP contribution in [0.25, 0.3) is 0 Å². The summed E-state index contributed by atoms with van der Waals surface area (Å²) >= 11 is 1.42. The van der Waals surface area contributed by atoms with Crippen LogP contribution in [0, 0.1) is 0 Å². The van der Waals surface area contributed by atoms with Crippen molar-refractivity contribution in [2.24, 2.45) is 11.5 Å². The molecule has 166 valence electrons. The Morgan fingerprint density at radius 3 is 2.14 bits per heavy atom. The van der Waals surface area contributed by atoms with Gasteiger partial charge in [-0.15, -0.1) is 0 Å². The first kappa shape index (κ1) is 26.6. The van der Waals surface area contributed by atoms with Crippen molar-refractivity contribution in [2.45, 2.75) is 50.4 Å². The highest BCUT2D eigenvalue weighted by atomic mass is 32.2. The number of aliphatic hydroxyl groups is 1. The summed E-state index contributed by atoms with van der Waals surface area (Å²) in [6.45, 7) is 0.844. The number of nitrogens with one attached hydrogen (secondary N) is 3. The van der Waals surface area contributed by atoms with E-state index in [4.69, 9.17) is 11.5 Å². The largest absolute Gasteiger partial charge is 0.480 e. The fourth-order valence-corrected chi connectivity index (χ4v) is 2.54. The number of carboxylic acid groups (broad SMARTS) is 1. The first-order valence-corrected chi connectivity index (χ1v) is 10.2. The number of nitrogens with two attached hydrogens (primary N) is 2. The molecule has 0 saturated heterocycles. The lowest BCUT2D eigenvalue weighted by Crippen LogP contribution is -2.54. The Labute approximate surface area is 172 Å². The van der Waals surface area contributed by atoms with Gasteiger partial charge in [0.25, 0.3) is 0 Å². The third kappa shape index (κ3) is 11.3. The lowest BCUT2D eigenvalue weighted by Gasteiger charge is -2.21. The van der Waals surface area contributed by atoms with E-state index in [1.807, 2.05) is 0 Å². The topological polar surface area (TPSA) is 214 Å². The number of amides is 4. The third-order valence-electron chi connectivity index (χ3n) is 3.80. The molecule has 0 aliphatic heterocycles. The molecule has 0 spiro atoms. The minimum atomic E-state index is -1.34. The second kappa shape index (κ2) is 13.7. The Bertz CT molecular complexity index is 602. The van der Waals surface area contributed by atoms with E-state index in [-0.39, 0.29) is 19.3 Å². The summed E-state index contributed by atoms with van der Waals surface area (Å²) in [4.78, 5) is 58.3. The summed E-state index contributed by atoms with van der Waals surface area (Å²) in [7, 11) is 0. The highest BCUT2D eigenvalue weighted by Gasteiger charge is 2.27. The maximum atomic E-state index is 12.4. The van der Waals surface area contributed by atoms with Crippen molar-refractivity contribution in [1.82, 2.24) is 16.0 Å². The van der Waals surface area contributed by atoms with Crippen LogP contribution in [0.4, 0.5) is 0 Å². The number of thioether (sulfide) groups is 1. The van der Waals surface area contributed by atoms with Crippen LogP contribution in [0.1, 0.15) is 26.2 Å². The molecule has 0 aromatic rings. The van der Waals surface area contributed by atoms with Crippen molar-refractivity contribution in [3.63, 3.8) is 0 Å². The lowest BCUT2D eigenvalue weighted by atomic mass is 10.1. The summed E-state index contributed by atoms with van der Waals surface area (Å²) in [6, 6.07) is -3.60. The molecule has 9 N–H and O–H groups in total. The molecular weight excluding hydrogens is 406 g/mol. The zero-order chi connectivity index (χ0) is 22.6. The second-order valence-electron chi connectivity index (χ2n) is 6.29. The van der Waals surface area contributed by atoms with Gasteiger partial charge in [-0.3, -0.25) is 19.2 Å². The molecule has 12 nitrogen and oxygen atoms in total. The van der Waals surface area contributed by atoms with Gasteiger partial charge in [-0.2, -0.15) is 11.8 Å². The predicted molar refractivity (Wildman–Crippen MR) is 106 cm³/mol. The van der Waals surface area contributed by atoms with E-state index in [1.165, 1.54) is 18.7 Å². The van der Waals surface area contributed by atoms with Gasteiger partial charge in [0, 0.05) is 6.42 Å². The van der Waals surface area contributed by atoms with E-state index in [1.54, 1.807) is 6.26 Å². The van der Waals surface area contributed by atoms with E-state index in [0.717, 1.165) is 0 Å². The van der Waals surface area contributed by atoms with Gasteiger partial charge in [0.1, 0.15) is 18.1 Å². The van der Waals surface area contributed by atoms with Gasteiger partial charge in [0.15, 0.2) is 0 Å². The van der Waals surface area contributed by atoms with Crippen LogP contribution in [-0.2, 0) is 24.0 Å². The molecule has 4 unspecified atom stereocenters. The lowest BCUT2D eigenvalue weighted by molar-refractivity contribution is -0.142. The number of hydrogen-bond donors (Lipinski definition) is 7. The standard InChI is InChI=1S/C16H29N5O7S/c1-8(22)13(18)15(26)19-7-12(24)20-9(5-6-29-2)14(25)21-10(16(27)28)3-4-11(17)23/h8-10,13,22H,3-7,18H2,1-2H3,(H2,17,23)(H,19,26)(H,20,24)(H,21,25)(H,27,28). The average molecular weight is 436 g/mol. The van der Waals surface area contributed by atoms with Gasteiger partial charge in [-0.05, 0) is 31.8 Å². The Morgan fingerprint density at radius 2 is 1.66 bits per heavy atom. The van der Waals surface area contributed by atoms with Crippen molar-refractivity contribution in [1.29, 1.82) is 0 Å². The highest BCUT2D eigenvalue weighted by Crippen LogP contribution is 2.04. The van der Waals surface area contributed by atoms with Crippen LogP contribution in [0.3, 0.4) is 0 Å². The zero-order valence-corrected chi connectivity index (χ0v) is 17.2. The molecule has 0 heterocycles. The van der Waals surface area contributed by atoms with Crippen molar-refractivity contribution in [3.8, 4) is 0 Å². The van der Waals surface area contributed by atoms with Gasteiger partial charge in [-0.25, -0.2) is 4.79 Å². The molecule has 0 aromatic carbocycles. The van der Waals surface area contributed by atoms with Crippen LogP contribution < -0.4 is 27.4 Å². The Morgan fingerprint density at radius 1 is 1.03 bits per heavy atom. The van der Waals surface area contributed by atoms with Crippen LogP contribution in [-0.4, -0.2) is 82.6 Å². The zero-order valence-electron chi connectivity index (χ0n) is 16.3. The number of aliphatic carboxylic acids is 1. The minimum Gasteiger partial charge on any atom is -0.480 e. The normalized spacial score (nSPS) is 14.8. The highest BCUT2D eigenvalue weighted by molar-refractivity contribution is 7.98. The number of carbonyl (C=O) groups excluding carboxylic acids is 4. The maximum Gasteiger partial charge on any atom is 0.326 e. The number of aliphatic hydroxyl groups excluding tert-OH is 1. The number of hydrogen-bond acceptors (Lipinski definition) is 8. The van der Waals surface area contributed by atoms with Crippen molar-refractivity contribution >= 4 is 41.4 Å². The Hall–Kier alpha value is -2.38. The van der Waals surface area contributed by atoms with Gasteiger partial charge >= 0.3 is 5.97 Å². The number of carbonyl (C=O) groups is 5. The quantitative estimate of drug-likeness (QED) is 0.147. The molecule has 0 aromatic heterocycles. The first-order valence-electron chi connectivity index (χ1n) is 8.80. The van der Waals surface area contributed by atoms with Crippen LogP contribution in [0.2, 0.25) is 0 Å². The molecule has 29 heavy (non-hydrogen) atoms. The average Bonchev–Trinajstić information content (AvgIpc) is 2.64. The van der Waals surface area contributed by atoms with Gasteiger partial charge in [0.2, 0.25) is 23.6 Å². The number of rotatable bonds is 14. The fraction of sp³-hybridized carbons (Fsp3) is 0.688.